The van der Waals surface area contributed by atoms with Crippen molar-refractivity contribution >= 4 is 43.7 Å². The number of primary amides is 1. The Morgan fingerprint density at radius 3 is 1.50 bits per heavy atom. The Balaban J connectivity index is 0.000000261. The zero-order valence-electron chi connectivity index (χ0n) is 14.0. The Hall–Kier alpha value is -1.66. The van der Waals surface area contributed by atoms with Gasteiger partial charge in [-0.15, -0.1) is 0 Å². The molecule has 0 radical (unpaired) electrons. The maximum atomic E-state index is 11.2. The molecule has 0 heterocycles. The number of rotatable bonds is 4. The molecule has 4 rings (SSSR count). The minimum absolute atomic E-state index is 0. The van der Waals surface area contributed by atoms with Gasteiger partial charge in [0.2, 0.25) is 5.91 Å². The van der Waals surface area contributed by atoms with Crippen LogP contribution in [0.15, 0.2) is 57.5 Å². The van der Waals surface area contributed by atoms with Gasteiger partial charge in [0.05, 0.1) is 10.8 Å². The van der Waals surface area contributed by atoms with Crippen LogP contribution < -0.4 is 5.73 Å². The van der Waals surface area contributed by atoms with E-state index in [0.29, 0.717) is 0 Å². The van der Waals surface area contributed by atoms with E-state index in [1.807, 2.05) is 48.5 Å². The molecule has 3 N–H and O–H groups in total. The van der Waals surface area contributed by atoms with Crippen LogP contribution in [0, 0.1) is 0 Å². The first-order valence-corrected chi connectivity index (χ1v) is 9.94. The molecule has 2 aliphatic rings. The molecule has 1 amide bonds. The van der Waals surface area contributed by atoms with Crippen molar-refractivity contribution < 1.29 is 14.7 Å². The number of benzene rings is 2. The van der Waals surface area contributed by atoms with E-state index < -0.39 is 11.4 Å². The van der Waals surface area contributed by atoms with Gasteiger partial charge in [-0.05, 0) is 61.1 Å². The number of carboxylic acids is 1. The lowest BCUT2D eigenvalue weighted by atomic mass is 9.96. The van der Waals surface area contributed by atoms with Crippen LogP contribution in [0.1, 0.15) is 51.7 Å². The number of nitrogens with two attached hydrogens (primary N) is 1. The third-order valence-corrected chi connectivity index (χ3v) is 6.12. The zero-order valence-corrected chi connectivity index (χ0v) is 17.2. The standard InChI is InChI=1S/C10H10BrNO.C10H9BrO2.2CH4/c2*11-8-3-1-2-7(6-8)10(4-5-10)9(12)13;;/h1-3,6H,4-5H2,(H2,12,13);1-3,6H,4-5H2,(H,12,13);2*1H4. The molecule has 2 aromatic rings. The van der Waals surface area contributed by atoms with Crippen LogP contribution in [0.5, 0.6) is 0 Å². The quantitative estimate of drug-likeness (QED) is 0.542. The van der Waals surface area contributed by atoms with Crippen LogP contribution >= 0.6 is 31.9 Å². The van der Waals surface area contributed by atoms with E-state index in [9.17, 15) is 9.59 Å². The molecule has 152 valence electrons. The average molecular weight is 513 g/mol. The third-order valence-electron chi connectivity index (χ3n) is 5.14. The monoisotopic (exact) mass is 511 g/mol. The highest BCUT2D eigenvalue weighted by molar-refractivity contribution is 9.10. The van der Waals surface area contributed by atoms with Crippen molar-refractivity contribution in [3.05, 3.63) is 68.6 Å². The van der Waals surface area contributed by atoms with Crippen molar-refractivity contribution in [3.8, 4) is 0 Å². The molecule has 0 unspecified atom stereocenters. The van der Waals surface area contributed by atoms with E-state index in [1.54, 1.807) is 0 Å². The summed E-state index contributed by atoms with van der Waals surface area (Å²) in [5, 5.41) is 9.03. The first-order chi connectivity index (χ1) is 12.3. The minimum Gasteiger partial charge on any atom is -0.481 e. The second kappa shape index (κ2) is 9.23. The number of halogens is 2. The van der Waals surface area contributed by atoms with Crippen LogP contribution in [-0.2, 0) is 20.4 Å². The number of carboxylic acid groups (broad SMARTS) is 1. The number of hydrogen-bond donors (Lipinski definition) is 2. The van der Waals surface area contributed by atoms with Gasteiger partial charge in [0.15, 0.2) is 0 Å². The molecule has 0 atom stereocenters. The van der Waals surface area contributed by atoms with Crippen molar-refractivity contribution in [1.29, 1.82) is 0 Å². The number of carbonyl (C=O) groups is 2. The maximum Gasteiger partial charge on any atom is 0.314 e. The molecule has 2 aliphatic carbocycles. The van der Waals surface area contributed by atoms with Crippen molar-refractivity contribution in [3.63, 3.8) is 0 Å². The lowest BCUT2D eigenvalue weighted by Gasteiger charge is -2.10. The molecule has 0 aromatic heterocycles. The molecule has 2 fully saturated rings. The highest BCUT2D eigenvalue weighted by Crippen LogP contribution is 2.49. The van der Waals surface area contributed by atoms with Crippen LogP contribution in [-0.4, -0.2) is 17.0 Å². The fourth-order valence-electron chi connectivity index (χ4n) is 3.13. The minimum atomic E-state index is -0.703. The summed E-state index contributed by atoms with van der Waals surface area (Å²) in [6, 6.07) is 15.4. The predicted octanol–water partition coefficient (Wildman–Crippen LogP) is 5.80. The van der Waals surface area contributed by atoms with Gasteiger partial charge in [-0.25, -0.2) is 0 Å². The Labute approximate surface area is 183 Å². The molecule has 0 spiro atoms. The van der Waals surface area contributed by atoms with Gasteiger partial charge >= 0.3 is 5.97 Å². The van der Waals surface area contributed by atoms with Gasteiger partial charge in [0.25, 0.3) is 0 Å². The third kappa shape index (κ3) is 4.84. The molecule has 0 bridgehead atoms. The molecule has 4 nitrogen and oxygen atoms in total. The smallest absolute Gasteiger partial charge is 0.314 e. The SMILES string of the molecule is C.C.NC(=O)C1(c2cccc(Br)c2)CC1.O=C(O)C1(c2cccc(Br)c2)CC1. The summed E-state index contributed by atoms with van der Waals surface area (Å²) in [5.74, 6) is -0.906. The Kier molecular flexibility index (Phi) is 8.03. The predicted molar refractivity (Wildman–Crippen MR) is 120 cm³/mol. The van der Waals surface area contributed by atoms with Gasteiger partial charge in [-0.3, -0.25) is 9.59 Å². The molecule has 28 heavy (non-hydrogen) atoms. The molecular formula is C22H27Br2NO3. The fraction of sp³-hybridized carbons (Fsp3) is 0.364. The second-order valence-corrected chi connectivity index (χ2v) is 8.69. The maximum absolute atomic E-state index is 11.2. The summed E-state index contributed by atoms with van der Waals surface area (Å²) in [7, 11) is 0. The topological polar surface area (TPSA) is 80.4 Å². The van der Waals surface area contributed by atoms with E-state index in [4.69, 9.17) is 10.8 Å². The molecule has 0 saturated heterocycles. The van der Waals surface area contributed by atoms with E-state index in [1.165, 1.54) is 0 Å². The molecule has 6 heteroatoms. The Bertz CT molecular complexity index is 787. The highest BCUT2D eigenvalue weighted by atomic mass is 79.9. The Morgan fingerprint density at radius 1 is 0.821 bits per heavy atom. The van der Waals surface area contributed by atoms with Crippen LogP contribution in [0.4, 0.5) is 0 Å². The van der Waals surface area contributed by atoms with Gasteiger partial charge in [-0.1, -0.05) is 71.0 Å². The van der Waals surface area contributed by atoms with Gasteiger partial charge in [0.1, 0.15) is 0 Å². The molecular weight excluding hydrogens is 486 g/mol. The van der Waals surface area contributed by atoms with E-state index in [-0.39, 0.29) is 26.2 Å². The van der Waals surface area contributed by atoms with Crippen LogP contribution in [0.25, 0.3) is 0 Å². The van der Waals surface area contributed by atoms with Crippen LogP contribution in [0.2, 0.25) is 0 Å². The number of aliphatic carboxylic acids is 1. The van der Waals surface area contributed by atoms with Crippen molar-refractivity contribution in [1.82, 2.24) is 0 Å². The van der Waals surface area contributed by atoms with E-state index in [2.05, 4.69) is 31.9 Å². The second-order valence-electron chi connectivity index (χ2n) is 6.85. The molecule has 0 aliphatic heterocycles. The first kappa shape index (κ1) is 24.4. The number of amides is 1. The summed E-state index contributed by atoms with van der Waals surface area (Å²) >= 11 is 6.72. The summed E-state index contributed by atoms with van der Waals surface area (Å²) in [6.07, 6.45) is 3.30. The first-order valence-electron chi connectivity index (χ1n) is 8.36. The molecule has 2 saturated carbocycles. The highest BCUT2D eigenvalue weighted by Gasteiger charge is 2.51. The fourth-order valence-corrected chi connectivity index (χ4v) is 3.92. The average Bonchev–Trinajstić information content (AvgIpc) is 3.48. The van der Waals surface area contributed by atoms with Gasteiger partial charge in [0, 0.05) is 8.95 Å². The summed E-state index contributed by atoms with van der Waals surface area (Å²) in [5.41, 5.74) is 6.37. The van der Waals surface area contributed by atoms with Crippen molar-refractivity contribution in [2.24, 2.45) is 5.73 Å². The molecule has 2 aromatic carbocycles. The number of carbonyl (C=O) groups excluding carboxylic acids is 1. The van der Waals surface area contributed by atoms with Crippen molar-refractivity contribution in [2.45, 2.75) is 51.4 Å². The Morgan fingerprint density at radius 2 is 1.21 bits per heavy atom. The summed E-state index contributed by atoms with van der Waals surface area (Å²) < 4.78 is 1.94. The van der Waals surface area contributed by atoms with E-state index >= 15 is 0 Å². The van der Waals surface area contributed by atoms with Crippen LogP contribution in [0.3, 0.4) is 0 Å². The largest absolute Gasteiger partial charge is 0.481 e. The lowest BCUT2D eigenvalue weighted by molar-refractivity contribution is -0.140. The van der Waals surface area contributed by atoms with Gasteiger partial charge in [-0.2, -0.15) is 0 Å². The lowest BCUT2D eigenvalue weighted by Crippen LogP contribution is -2.28. The summed E-state index contributed by atoms with van der Waals surface area (Å²) in [4.78, 5) is 22.2. The normalized spacial score (nSPS) is 16.9. The van der Waals surface area contributed by atoms with Crippen molar-refractivity contribution in [2.75, 3.05) is 0 Å². The zero-order chi connectivity index (χ0) is 18.9. The van der Waals surface area contributed by atoms with E-state index in [0.717, 1.165) is 45.8 Å². The number of hydrogen-bond acceptors (Lipinski definition) is 2. The summed E-state index contributed by atoms with van der Waals surface area (Å²) in [6.45, 7) is 0. The van der Waals surface area contributed by atoms with Gasteiger partial charge < -0.3 is 10.8 Å².